The van der Waals surface area contributed by atoms with Crippen LogP contribution < -0.4 is 4.74 Å². The van der Waals surface area contributed by atoms with Crippen LogP contribution in [-0.4, -0.2) is 10.7 Å². The molecule has 0 fully saturated rings. The Balaban J connectivity index is 2.75. The summed E-state index contributed by atoms with van der Waals surface area (Å²) in [6.07, 6.45) is 1.03. The van der Waals surface area contributed by atoms with Crippen LogP contribution in [-0.2, 0) is 0 Å². The standard InChI is InChI=1S/C15H22O2/c1-7-11-12-10(4)13(16)8(2)9(3)14(12)17-15(11,5)6/h11,16H,7H2,1-6H3/t11-/m0/s1. The van der Waals surface area contributed by atoms with Crippen molar-refractivity contribution in [2.75, 3.05) is 0 Å². The molecule has 0 bridgehead atoms. The van der Waals surface area contributed by atoms with Crippen LogP contribution in [0.25, 0.3) is 0 Å². The summed E-state index contributed by atoms with van der Waals surface area (Å²) >= 11 is 0. The molecule has 1 atom stereocenters. The van der Waals surface area contributed by atoms with Gasteiger partial charge in [-0.25, -0.2) is 0 Å². The normalized spacial score (nSPS) is 21.2. The van der Waals surface area contributed by atoms with Crippen molar-refractivity contribution in [1.82, 2.24) is 0 Å². The van der Waals surface area contributed by atoms with Gasteiger partial charge in [-0.1, -0.05) is 6.92 Å². The lowest BCUT2D eigenvalue weighted by molar-refractivity contribution is 0.107. The van der Waals surface area contributed by atoms with Crippen LogP contribution in [0.2, 0.25) is 0 Å². The van der Waals surface area contributed by atoms with Gasteiger partial charge in [-0.05, 0) is 57.7 Å². The minimum atomic E-state index is -0.174. The van der Waals surface area contributed by atoms with Crippen molar-refractivity contribution >= 4 is 0 Å². The third kappa shape index (κ3) is 1.54. The Bertz CT molecular complexity index is 473. The molecule has 17 heavy (non-hydrogen) atoms. The molecule has 0 radical (unpaired) electrons. The highest BCUT2D eigenvalue weighted by atomic mass is 16.5. The Morgan fingerprint density at radius 1 is 1.12 bits per heavy atom. The molecule has 0 saturated heterocycles. The fraction of sp³-hybridized carbons (Fsp3) is 0.600. The van der Waals surface area contributed by atoms with E-state index in [2.05, 4.69) is 20.8 Å². The van der Waals surface area contributed by atoms with E-state index in [1.807, 2.05) is 20.8 Å². The highest BCUT2D eigenvalue weighted by Gasteiger charge is 2.42. The molecule has 2 nitrogen and oxygen atoms in total. The number of ether oxygens (including phenoxy) is 1. The first-order valence-corrected chi connectivity index (χ1v) is 6.32. The number of hydrogen-bond donors (Lipinski definition) is 1. The molecule has 1 aliphatic heterocycles. The van der Waals surface area contributed by atoms with Crippen molar-refractivity contribution < 1.29 is 9.84 Å². The quantitative estimate of drug-likeness (QED) is 0.796. The highest BCUT2D eigenvalue weighted by molar-refractivity contribution is 5.61. The predicted molar refractivity (Wildman–Crippen MR) is 70.1 cm³/mol. The lowest BCUT2D eigenvalue weighted by atomic mass is 9.81. The summed E-state index contributed by atoms with van der Waals surface area (Å²) in [6, 6.07) is 0. The maximum Gasteiger partial charge on any atom is 0.127 e. The lowest BCUT2D eigenvalue weighted by Crippen LogP contribution is -2.30. The van der Waals surface area contributed by atoms with E-state index in [0.29, 0.717) is 11.7 Å². The summed E-state index contributed by atoms with van der Waals surface area (Å²) in [5.41, 5.74) is 4.03. The van der Waals surface area contributed by atoms with E-state index in [0.717, 1.165) is 28.9 Å². The van der Waals surface area contributed by atoms with Crippen molar-refractivity contribution in [2.45, 2.75) is 59.5 Å². The molecule has 1 aromatic rings. The SMILES string of the molecule is CC[C@H]1c2c(C)c(O)c(C)c(C)c2OC1(C)C. The van der Waals surface area contributed by atoms with Gasteiger partial charge in [-0.3, -0.25) is 0 Å². The Labute approximate surface area is 104 Å². The highest BCUT2D eigenvalue weighted by Crippen LogP contribution is 2.52. The average molecular weight is 234 g/mol. The van der Waals surface area contributed by atoms with E-state index in [1.165, 1.54) is 5.56 Å². The van der Waals surface area contributed by atoms with Crippen LogP contribution in [0.3, 0.4) is 0 Å². The molecule has 0 saturated carbocycles. The summed E-state index contributed by atoms with van der Waals surface area (Å²) in [4.78, 5) is 0. The number of benzene rings is 1. The maximum atomic E-state index is 10.2. The fourth-order valence-electron chi connectivity index (χ4n) is 3.06. The van der Waals surface area contributed by atoms with Gasteiger partial charge in [0.25, 0.3) is 0 Å². The zero-order chi connectivity index (χ0) is 13.0. The number of fused-ring (bicyclic) bond motifs is 1. The average Bonchev–Trinajstić information content (AvgIpc) is 2.54. The van der Waals surface area contributed by atoms with E-state index < -0.39 is 0 Å². The van der Waals surface area contributed by atoms with Gasteiger partial charge in [0, 0.05) is 11.5 Å². The fourth-order valence-corrected chi connectivity index (χ4v) is 3.06. The molecule has 2 heteroatoms. The number of hydrogen-bond acceptors (Lipinski definition) is 2. The molecular formula is C15H22O2. The summed E-state index contributed by atoms with van der Waals surface area (Å²) in [7, 11) is 0. The summed E-state index contributed by atoms with van der Waals surface area (Å²) in [5.74, 6) is 1.79. The predicted octanol–water partition coefficient (Wildman–Crippen LogP) is 3.98. The Morgan fingerprint density at radius 2 is 1.71 bits per heavy atom. The monoisotopic (exact) mass is 234 g/mol. The third-order valence-corrected chi connectivity index (χ3v) is 4.22. The van der Waals surface area contributed by atoms with Crippen LogP contribution in [0.15, 0.2) is 0 Å². The molecule has 1 aliphatic rings. The number of aromatic hydroxyl groups is 1. The molecule has 1 aromatic carbocycles. The second-order valence-corrected chi connectivity index (χ2v) is 5.63. The Morgan fingerprint density at radius 3 is 2.24 bits per heavy atom. The van der Waals surface area contributed by atoms with Crippen LogP contribution in [0.4, 0.5) is 0 Å². The van der Waals surface area contributed by atoms with Gasteiger partial charge in [0.2, 0.25) is 0 Å². The van der Waals surface area contributed by atoms with Crippen LogP contribution in [0.1, 0.15) is 55.4 Å². The van der Waals surface area contributed by atoms with E-state index in [1.54, 1.807) is 0 Å². The van der Waals surface area contributed by atoms with E-state index >= 15 is 0 Å². The van der Waals surface area contributed by atoms with Gasteiger partial charge < -0.3 is 9.84 Å². The lowest BCUT2D eigenvalue weighted by Gasteiger charge is -2.25. The summed E-state index contributed by atoms with van der Waals surface area (Å²) in [5, 5.41) is 10.2. The largest absolute Gasteiger partial charge is 0.507 e. The van der Waals surface area contributed by atoms with Crippen LogP contribution in [0, 0.1) is 20.8 Å². The zero-order valence-electron chi connectivity index (χ0n) is 11.6. The van der Waals surface area contributed by atoms with Gasteiger partial charge in [0.1, 0.15) is 17.1 Å². The number of phenols is 1. The molecule has 0 aliphatic carbocycles. The molecule has 0 unspecified atom stereocenters. The van der Waals surface area contributed by atoms with Gasteiger partial charge in [-0.15, -0.1) is 0 Å². The minimum Gasteiger partial charge on any atom is -0.507 e. The molecule has 1 heterocycles. The first-order chi connectivity index (χ1) is 7.81. The molecule has 1 N–H and O–H groups in total. The van der Waals surface area contributed by atoms with Crippen molar-refractivity contribution in [2.24, 2.45) is 0 Å². The second-order valence-electron chi connectivity index (χ2n) is 5.63. The van der Waals surface area contributed by atoms with Crippen molar-refractivity contribution in [3.63, 3.8) is 0 Å². The third-order valence-electron chi connectivity index (χ3n) is 4.22. The van der Waals surface area contributed by atoms with Crippen LogP contribution in [0.5, 0.6) is 11.5 Å². The number of phenolic OH excluding ortho intramolecular Hbond substituents is 1. The van der Waals surface area contributed by atoms with E-state index in [4.69, 9.17) is 4.74 Å². The van der Waals surface area contributed by atoms with Gasteiger partial charge in [0.15, 0.2) is 0 Å². The Kier molecular flexibility index (Phi) is 2.64. The number of rotatable bonds is 1. The first-order valence-electron chi connectivity index (χ1n) is 6.32. The molecule has 0 aromatic heterocycles. The van der Waals surface area contributed by atoms with E-state index in [9.17, 15) is 5.11 Å². The van der Waals surface area contributed by atoms with E-state index in [-0.39, 0.29) is 5.60 Å². The minimum absolute atomic E-state index is 0.174. The summed E-state index contributed by atoms with van der Waals surface area (Å²) < 4.78 is 6.13. The van der Waals surface area contributed by atoms with Gasteiger partial charge >= 0.3 is 0 Å². The molecular weight excluding hydrogens is 212 g/mol. The van der Waals surface area contributed by atoms with Crippen molar-refractivity contribution in [1.29, 1.82) is 0 Å². The maximum absolute atomic E-state index is 10.2. The topological polar surface area (TPSA) is 29.5 Å². The molecule has 0 spiro atoms. The first kappa shape index (κ1) is 12.3. The van der Waals surface area contributed by atoms with Crippen molar-refractivity contribution in [3.8, 4) is 11.5 Å². The molecule has 94 valence electrons. The zero-order valence-corrected chi connectivity index (χ0v) is 11.6. The molecule has 2 rings (SSSR count). The van der Waals surface area contributed by atoms with Crippen molar-refractivity contribution in [3.05, 3.63) is 22.3 Å². The Hall–Kier alpha value is -1.18. The smallest absolute Gasteiger partial charge is 0.127 e. The summed E-state index contributed by atoms with van der Waals surface area (Å²) in [6.45, 7) is 12.4. The van der Waals surface area contributed by atoms with Gasteiger partial charge in [0.05, 0.1) is 0 Å². The van der Waals surface area contributed by atoms with Gasteiger partial charge in [-0.2, -0.15) is 0 Å². The molecule has 0 amide bonds. The second kappa shape index (κ2) is 3.66. The van der Waals surface area contributed by atoms with Crippen LogP contribution >= 0.6 is 0 Å².